The summed E-state index contributed by atoms with van der Waals surface area (Å²) in [5.41, 5.74) is 8.23. The van der Waals surface area contributed by atoms with Crippen molar-refractivity contribution in [1.29, 1.82) is 0 Å². The van der Waals surface area contributed by atoms with Gasteiger partial charge >= 0.3 is 6.03 Å². The van der Waals surface area contributed by atoms with Crippen molar-refractivity contribution in [2.45, 2.75) is 69.5 Å². The molecule has 0 aliphatic heterocycles. The molecule has 4 rings (SSSR count). The smallest absolute Gasteiger partial charge is 0.320 e. The number of hydrogen-bond acceptors (Lipinski definition) is 3. The van der Waals surface area contributed by atoms with E-state index in [-0.39, 0.29) is 6.03 Å². The summed E-state index contributed by atoms with van der Waals surface area (Å²) in [4.78, 5) is 37.1. The molecule has 2 aromatic rings. The highest BCUT2D eigenvalue weighted by Crippen LogP contribution is 2.33. The van der Waals surface area contributed by atoms with Crippen LogP contribution in [0.3, 0.4) is 0 Å². The second-order valence-electron chi connectivity index (χ2n) is 9.78. The molecule has 0 aromatic heterocycles. The summed E-state index contributed by atoms with van der Waals surface area (Å²) in [6.45, 7) is 0.743. The van der Waals surface area contributed by atoms with E-state index >= 15 is 0 Å². The van der Waals surface area contributed by atoms with Crippen LogP contribution in [0.25, 0.3) is 0 Å². The first kappa shape index (κ1) is 27.2. The van der Waals surface area contributed by atoms with Gasteiger partial charge in [-0.2, -0.15) is 0 Å². The fourth-order valence-electron chi connectivity index (χ4n) is 4.59. The molecule has 0 bridgehead atoms. The molecule has 2 aliphatic carbocycles. The van der Waals surface area contributed by atoms with Crippen LogP contribution in [-0.2, 0) is 16.1 Å². The number of hydrogen-bond donors (Lipinski definition) is 2. The van der Waals surface area contributed by atoms with Crippen LogP contribution in [0.15, 0.2) is 48.5 Å². The maximum atomic E-state index is 12.5. The molecular formula is C28H37FN4O3. The molecule has 0 saturated heterocycles. The third-order valence-electron chi connectivity index (χ3n) is 6.75. The van der Waals surface area contributed by atoms with Gasteiger partial charge in [0.1, 0.15) is 11.9 Å². The van der Waals surface area contributed by atoms with E-state index in [2.05, 4.69) is 29.6 Å². The molecule has 2 fully saturated rings. The number of carbonyl (C=O) groups excluding carboxylic acids is 3. The van der Waals surface area contributed by atoms with Crippen molar-refractivity contribution in [2.75, 3.05) is 14.1 Å². The van der Waals surface area contributed by atoms with Crippen molar-refractivity contribution in [1.82, 2.24) is 15.1 Å². The molecule has 7 nitrogen and oxygen atoms in total. The zero-order chi connectivity index (χ0) is 26.1. The van der Waals surface area contributed by atoms with E-state index in [9.17, 15) is 18.8 Å². The lowest BCUT2D eigenvalue weighted by atomic mass is 9.84. The molecule has 0 spiro atoms. The number of urea groups is 1. The van der Waals surface area contributed by atoms with Gasteiger partial charge in [0.05, 0.1) is 0 Å². The largest absolute Gasteiger partial charge is 0.368 e. The summed E-state index contributed by atoms with van der Waals surface area (Å²) in [5.74, 6) is -0.350. The van der Waals surface area contributed by atoms with Gasteiger partial charge in [-0.15, -0.1) is 0 Å². The molecule has 8 heteroatoms. The lowest BCUT2D eigenvalue weighted by Crippen LogP contribution is -2.40. The molecular weight excluding hydrogens is 459 g/mol. The maximum Gasteiger partial charge on any atom is 0.320 e. The van der Waals surface area contributed by atoms with E-state index in [0.29, 0.717) is 18.0 Å². The monoisotopic (exact) mass is 496 g/mol. The number of carbonyl (C=O) groups is 3. The van der Waals surface area contributed by atoms with Crippen LogP contribution < -0.4 is 11.1 Å². The number of nitrogens with one attached hydrogen (secondary N) is 1. The minimum Gasteiger partial charge on any atom is -0.368 e. The Morgan fingerprint density at radius 1 is 1.00 bits per heavy atom. The Balaban J connectivity index is 0.000000223. The first-order valence-electron chi connectivity index (χ1n) is 12.6. The van der Waals surface area contributed by atoms with Gasteiger partial charge in [0.2, 0.25) is 12.3 Å². The Morgan fingerprint density at radius 2 is 1.61 bits per heavy atom. The number of nitrogens with two attached hydrogens (primary N) is 1. The number of amides is 4. The summed E-state index contributed by atoms with van der Waals surface area (Å²) in [7, 11) is 3.67. The molecule has 4 amide bonds. The van der Waals surface area contributed by atoms with Crippen molar-refractivity contribution in [3.05, 3.63) is 71.0 Å². The quantitative estimate of drug-likeness (QED) is 0.528. The highest BCUT2D eigenvalue weighted by atomic mass is 19.1. The summed E-state index contributed by atoms with van der Waals surface area (Å²) in [6.07, 6.45) is 9.51. The van der Waals surface area contributed by atoms with Gasteiger partial charge in [0.25, 0.3) is 0 Å². The molecule has 3 N–H and O–H groups in total. The lowest BCUT2D eigenvalue weighted by molar-refractivity contribution is -0.122. The molecule has 1 atom stereocenters. The van der Waals surface area contributed by atoms with Gasteiger partial charge in [-0.3, -0.25) is 9.59 Å². The second kappa shape index (κ2) is 13.0. The van der Waals surface area contributed by atoms with Gasteiger partial charge in [0.15, 0.2) is 0 Å². The fraction of sp³-hybridized carbons (Fsp3) is 0.464. The maximum absolute atomic E-state index is 12.5. The van der Waals surface area contributed by atoms with Gasteiger partial charge < -0.3 is 20.9 Å². The summed E-state index contributed by atoms with van der Waals surface area (Å²) in [6, 6.07) is 13.9. The molecule has 0 radical (unpaired) electrons. The summed E-state index contributed by atoms with van der Waals surface area (Å²) >= 11 is 0. The van der Waals surface area contributed by atoms with Crippen LogP contribution in [-0.4, -0.2) is 48.3 Å². The zero-order valence-corrected chi connectivity index (χ0v) is 21.2. The molecule has 2 aromatic carbocycles. The molecule has 194 valence electrons. The standard InChI is InChI=1S/C19H28N2O.C9H9FN2O2/c1-20(2)19(22)21(18-12-13-18)14-15-8-10-17(11-9-15)16-6-4-3-5-7-16;10-7-3-1-6(2-4-7)8(9(11)14)12-5-13/h8-11,16,18H,3-7,12-14H2,1-2H3;1-5,8H,(H2,11,14)(H,12,13). The predicted octanol–water partition coefficient (Wildman–Crippen LogP) is 4.48. The highest BCUT2D eigenvalue weighted by molar-refractivity contribution is 5.83. The minimum absolute atomic E-state index is 0.138. The third kappa shape index (κ3) is 7.80. The lowest BCUT2D eigenvalue weighted by Gasteiger charge is -2.26. The van der Waals surface area contributed by atoms with Gasteiger partial charge in [-0.05, 0) is 60.4 Å². The van der Waals surface area contributed by atoms with Gasteiger partial charge in [0, 0.05) is 26.7 Å². The van der Waals surface area contributed by atoms with Crippen LogP contribution in [0.5, 0.6) is 0 Å². The average molecular weight is 497 g/mol. The Labute approximate surface area is 212 Å². The Hall–Kier alpha value is -3.42. The van der Waals surface area contributed by atoms with Crippen LogP contribution in [0.2, 0.25) is 0 Å². The summed E-state index contributed by atoms with van der Waals surface area (Å²) in [5, 5.41) is 2.24. The van der Waals surface area contributed by atoms with Crippen molar-refractivity contribution in [3.8, 4) is 0 Å². The molecule has 2 aliphatic rings. The Bertz CT molecular complexity index is 1000. The molecule has 0 heterocycles. The number of nitrogens with zero attached hydrogens (tertiary/aromatic N) is 2. The SMILES string of the molecule is CN(C)C(=O)N(Cc1ccc(C2CCCCC2)cc1)C1CC1.NC(=O)C(NC=O)c1ccc(F)cc1. The van der Waals surface area contributed by atoms with Crippen molar-refractivity contribution in [2.24, 2.45) is 5.73 Å². The number of rotatable bonds is 8. The zero-order valence-electron chi connectivity index (χ0n) is 21.2. The summed E-state index contributed by atoms with van der Waals surface area (Å²) < 4.78 is 12.5. The van der Waals surface area contributed by atoms with Crippen molar-refractivity contribution < 1.29 is 18.8 Å². The van der Waals surface area contributed by atoms with E-state index in [1.807, 2.05) is 19.0 Å². The van der Waals surface area contributed by atoms with E-state index in [1.165, 1.54) is 67.5 Å². The van der Waals surface area contributed by atoms with Crippen LogP contribution in [0.1, 0.15) is 73.6 Å². The van der Waals surface area contributed by atoms with E-state index in [4.69, 9.17) is 5.73 Å². The predicted molar refractivity (Wildman–Crippen MR) is 137 cm³/mol. The molecule has 1 unspecified atom stereocenters. The highest BCUT2D eigenvalue weighted by Gasteiger charge is 2.33. The van der Waals surface area contributed by atoms with Crippen molar-refractivity contribution in [3.63, 3.8) is 0 Å². The van der Waals surface area contributed by atoms with Crippen molar-refractivity contribution >= 4 is 18.3 Å². The first-order valence-corrected chi connectivity index (χ1v) is 12.6. The Kier molecular flexibility index (Phi) is 9.85. The molecule has 36 heavy (non-hydrogen) atoms. The van der Waals surface area contributed by atoms with Crippen LogP contribution >= 0.6 is 0 Å². The van der Waals surface area contributed by atoms with Gasteiger partial charge in [-0.1, -0.05) is 55.7 Å². The van der Waals surface area contributed by atoms with E-state index < -0.39 is 17.8 Å². The molecule has 2 saturated carbocycles. The van der Waals surface area contributed by atoms with Crippen LogP contribution in [0.4, 0.5) is 9.18 Å². The third-order valence-corrected chi connectivity index (χ3v) is 6.75. The average Bonchev–Trinajstić information content (AvgIpc) is 3.73. The van der Waals surface area contributed by atoms with E-state index in [1.54, 1.807) is 4.90 Å². The number of primary amides is 1. The first-order chi connectivity index (χ1) is 17.3. The van der Waals surface area contributed by atoms with Crippen LogP contribution in [0, 0.1) is 5.82 Å². The minimum atomic E-state index is -0.909. The second-order valence-corrected chi connectivity index (χ2v) is 9.78. The number of benzene rings is 2. The normalized spacial score (nSPS) is 16.2. The van der Waals surface area contributed by atoms with Gasteiger partial charge in [-0.25, -0.2) is 9.18 Å². The topological polar surface area (TPSA) is 95.7 Å². The fourth-order valence-corrected chi connectivity index (χ4v) is 4.59. The number of halogens is 1. The Morgan fingerprint density at radius 3 is 2.11 bits per heavy atom. The van der Waals surface area contributed by atoms with E-state index in [0.717, 1.165) is 25.3 Å².